The molecule has 3 nitrogen and oxygen atoms in total. The molecule has 2 saturated heterocycles. The second kappa shape index (κ2) is 7.63. The predicted molar refractivity (Wildman–Crippen MR) is 96.3 cm³/mol. The maximum absolute atomic E-state index is 3.49. The van der Waals surface area contributed by atoms with E-state index in [0.717, 1.165) is 5.92 Å². The van der Waals surface area contributed by atoms with Crippen molar-refractivity contribution in [3.05, 3.63) is 0 Å². The zero-order valence-corrected chi connectivity index (χ0v) is 15.7. The van der Waals surface area contributed by atoms with Crippen molar-refractivity contribution in [1.29, 1.82) is 0 Å². The first-order valence-electron chi connectivity index (χ1n) is 9.39. The molecule has 0 aromatic carbocycles. The van der Waals surface area contributed by atoms with Gasteiger partial charge in [-0.3, -0.25) is 0 Å². The van der Waals surface area contributed by atoms with E-state index in [-0.39, 0.29) is 0 Å². The van der Waals surface area contributed by atoms with E-state index >= 15 is 0 Å². The molecule has 2 fully saturated rings. The van der Waals surface area contributed by atoms with Crippen LogP contribution in [0.1, 0.15) is 53.9 Å². The Morgan fingerprint density at radius 2 is 1.32 bits per heavy atom. The number of piperidine rings is 1. The number of nitrogens with one attached hydrogen (secondary N) is 1. The fourth-order valence-electron chi connectivity index (χ4n) is 4.31. The van der Waals surface area contributed by atoms with Gasteiger partial charge in [-0.05, 0) is 49.1 Å². The maximum atomic E-state index is 3.49. The van der Waals surface area contributed by atoms with Crippen LogP contribution >= 0.6 is 0 Å². The monoisotopic (exact) mass is 309 g/mol. The van der Waals surface area contributed by atoms with Gasteiger partial charge in [-0.25, -0.2) is 0 Å². The highest BCUT2D eigenvalue weighted by atomic mass is 15.3. The van der Waals surface area contributed by atoms with Gasteiger partial charge in [0.2, 0.25) is 0 Å². The minimum absolute atomic E-state index is 0.427. The first-order valence-corrected chi connectivity index (χ1v) is 9.39. The van der Waals surface area contributed by atoms with E-state index in [1.807, 2.05) is 0 Å². The van der Waals surface area contributed by atoms with Crippen LogP contribution in [0.15, 0.2) is 0 Å². The van der Waals surface area contributed by atoms with Crippen LogP contribution in [0.4, 0.5) is 0 Å². The molecule has 0 bridgehead atoms. The molecule has 2 heterocycles. The molecule has 0 unspecified atom stereocenters. The molecule has 0 radical (unpaired) electrons. The Morgan fingerprint density at radius 1 is 0.818 bits per heavy atom. The molecule has 0 aromatic rings. The van der Waals surface area contributed by atoms with Gasteiger partial charge in [0, 0.05) is 39.3 Å². The lowest BCUT2D eigenvalue weighted by Crippen LogP contribution is -2.51. The highest BCUT2D eigenvalue weighted by Gasteiger charge is 2.29. The minimum atomic E-state index is 0.427. The molecule has 0 amide bonds. The summed E-state index contributed by atoms with van der Waals surface area (Å²) in [6.45, 7) is 22.0. The van der Waals surface area contributed by atoms with Gasteiger partial charge in [0.15, 0.2) is 0 Å². The van der Waals surface area contributed by atoms with E-state index in [2.05, 4.69) is 49.7 Å². The number of rotatable bonds is 5. The smallest absolute Gasteiger partial charge is 0.0110 e. The number of piperazine rings is 1. The van der Waals surface area contributed by atoms with Crippen molar-refractivity contribution in [2.75, 3.05) is 52.4 Å². The third-order valence-corrected chi connectivity index (χ3v) is 5.11. The first-order chi connectivity index (χ1) is 10.2. The van der Waals surface area contributed by atoms with Gasteiger partial charge in [0.1, 0.15) is 0 Å². The van der Waals surface area contributed by atoms with Gasteiger partial charge in [-0.1, -0.05) is 34.6 Å². The maximum Gasteiger partial charge on any atom is 0.0110 e. The van der Waals surface area contributed by atoms with Crippen LogP contribution in [0, 0.1) is 16.7 Å². The Morgan fingerprint density at radius 3 is 1.82 bits per heavy atom. The van der Waals surface area contributed by atoms with Crippen LogP contribution in [-0.2, 0) is 0 Å². The van der Waals surface area contributed by atoms with Crippen molar-refractivity contribution in [3.8, 4) is 0 Å². The van der Waals surface area contributed by atoms with Crippen molar-refractivity contribution in [2.45, 2.75) is 53.9 Å². The lowest BCUT2D eigenvalue weighted by atomic mass is 9.78. The molecule has 0 atom stereocenters. The Bertz CT molecular complexity index is 318. The zero-order valence-electron chi connectivity index (χ0n) is 15.7. The summed E-state index contributed by atoms with van der Waals surface area (Å²) < 4.78 is 0. The highest BCUT2D eigenvalue weighted by Crippen LogP contribution is 2.31. The molecule has 2 rings (SSSR count). The zero-order chi connectivity index (χ0) is 16.2. The van der Waals surface area contributed by atoms with Crippen LogP contribution in [0.25, 0.3) is 0 Å². The van der Waals surface area contributed by atoms with Crippen LogP contribution in [0.5, 0.6) is 0 Å². The average Bonchev–Trinajstić information content (AvgIpc) is 2.39. The summed E-state index contributed by atoms with van der Waals surface area (Å²) in [5, 5.41) is 3.49. The molecule has 130 valence electrons. The summed E-state index contributed by atoms with van der Waals surface area (Å²) in [5.41, 5.74) is 0.894. The lowest BCUT2D eigenvalue weighted by molar-refractivity contribution is 0.0682. The fourth-order valence-corrected chi connectivity index (χ4v) is 4.31. The fraction of sp³-hybridized carbons (Fsp3) is 1.00. The molecule has 0 saturated carbocycles. The molecule has 0 aromatic heterocycles. The third-order valence-electron chi connectivity index (χ3n) is 5.11. The summed E-state index contributed by atoms with van der Waals surface area (Å²) in [5.74, 6) is 0.943. The summed E-state index contributed by atoms with van der Waals surface area (Å²) in [6, 6.07) is 0. The minimum Gasteiger partial charge on any atom is -0.317 e. The van der Waals surface area contributed by atoms with Gasteiger partial charge < -0.3 is 15.1 Å². The number of hydrogen-bond acceptors (Lipinski definition) is 3. The van der Waals surface area contributed by atoms with Gasteiger partial charge in [-0.2, -0.15) is 0 Å². The summed E-state index contributed by atoms with van der Waals surface area (Å²) in [7, 11) is 0. The Kier molecular flexibility index (Phi) is 6.32. The van der Waals surface area contributed by atoms with Crippen molar-refractivity contribution < 1.29 is 0 Å². The molecule has 22 heavy (non-hydrogen) atoms. The van der Waals surface area contributed by atoms with Crippen LogP contribution in [0.3, 0.4) is 0 Å². The standard InChI is InChI=1S/C19H39N3/c1-18(2,3)15-21-10-12-22(13-11-21)16-19(4,5)14-17-6-8-20-9-7-17/h17,20H,6-16H2,1-5H3. The Balaban J connectivity index is 1.72. The van der Waals surface area contributed by atoms with E-state index in [0.29, 0.717) is 10.8 Å². The molecule has 2 aliphatic heterocycles. The lowest BCUT2D eigenvalue weighted by Gasteiger charge is -2.42. The van der Waals surface area contributed by atoms with Gasteiger partial charge in [0.05, 0.1) is 0 Å². The summed E-state index contributed by atoms with van der Waals surface area (Å²) in [4.78, 5) is 5.36. The van der Waals surface area contributed by atoms with Crippen LogP contribution < -0.4 is 5.32 Å². The molecular formula is C19H39N3. The number of nitrogens with zero attached hydrogens (tertiary/aromatic N) is 2. The largest absolute Gasteiger partial charge is 0.317 e. The highest BCUT2D eigenvalue weighted by molar-refractivity contribution is 4.83. The first kappa shape index (κ1) is 18.2. The SMILES string of the molecule is CC(C)(C)CN1CCN(CC(C)(C)CC2CCNCC2)CC1. The summed E-state index contributed by atoms with van der Waals surface area (Å²) >= 11 is 0. The molecule has 3 heteroatoms. The quantitative estimate of drug-likeness (QED) is 0.842. The second-order valence-corrected chi connectivity index (χ2v) is 9.67. The second-order valence-electron chi connectivity index (χ2n) is 9.67. The molecule has 1 N–H and O–H groups in total. The number of hydrogen-bond donors (Lipinski definition) is 1. The van der Waals surface area contributed by atoms with Gasteiger partial charge >= 0.3 is 0 Å². The van der Waals surface area contributed by atoms with E-state index in [4.69, 9.17) is 0 Å². The van der Waals surface area contributed by atoms with Crippen molar-refractivity contribution >= 4 is 0 Å². The van der Waals surface area contributed by atoms with Gasteiger partial charge in [0.25, 0.3) is 0 Å². The predicted octanol–water partition coefficient (Wildman–Crippen LogP) is 3.07. The van der Waals surface area contributed by atoms with E-state index < -0.39 is 0 Å². The van der Waals surface area contributed by atoms with Crippen molar-refractivity contribution in [2.24, 2.45) is 16.7 Å². The summed E-state index contributed by atoms with van der Waals surface area (Å²) in [6.07, 6.45) is 4.16. The molecular weight excluding hydrogens is 270 g/mol. The normalized spacial score (nSPS) is 23.9. The van der Waals surface area contributed by atoms with Gasteiger partial charge in [-0.15, -0.1) is 0 Å². The van der Waals surface area contributed by atoms with E-state index in [1.165, 1.54) is 71.6 Å². The molecule has 0 aliphatic carbocycles. The Hall–Kier alpha value is -0.120. The third kappa shape index (κ3) is 6.55. The van der Waals surface area contributed by atoms with E-state index in [1.54, 1.807) is 0 Å². The topological polar surface area (TPSA) is 18.5 Å². The van der Waals surface area contributed by atoms with E-state index in [9.17, 15) is 0 Å². The molecule has 2 aliphatic rings. The average molecular weight is 310 g/mol. The molecule has 0 spiro atoms. The van der Waals surface area contributed by atoms with Crippen LogP contribution in [-0.4, -0.2) is 62.2 Å². The Labute approximate surface area is 138 Å². The van der Waals surface area contributed by atoms with Crippen molar-refractivity contribution in [3.63, 3.8) is 0 Å². The van der Waals surface area contributed by atoms with Crippen LogP contribution in [0.2, 0.25) is 0 Å². The van der Waals surface area contributed by atoms with Crippen molar-refractivity contribution in [1.82, 2.24) is 15.1 Å².